The first kappa shape index (κ1) is 16.5. The Kier molecular flexibility index (Phi) is 5.78. The molecule has 1 saturated heterocycles. The van der Waals surface area contributed by atoms with Gasteiger partial charge in [0.1, 0.15) is 0 Å². The number of nitrogens with one attached hydrogen (secondary N) is 1. The second kappa shape index (κ2) is 7.38. The van der Waals surface area contributed by atoms with E-state index in [2.05, 4.69) is 10.1 Å². The first-order valence-electron chi connectivity index (χ1n) is 7.21. The lowest BCUT2D eigenvalue weighted by atomic mass is 10.0. The lowest BCUT2D eigenvalue weighted by Gasteiger charge is -2.36. The largest absolute Gasteiger partial charge is 0.338 e. The van der Waals surface area contributed by atoms with E-state index in [1.54, 1.807) is 11.3 Å². The van der Waals surface area contributed by atoms with Gasteiger partial charge < -0.3 is 4.90 Å². The highest BCUT2D eigenvalue weighted by Gasteiger charge is 2.26. The van der Waals surface area contributed by atoms with Crippen LogP contribution in [0.25, 0.3) is 0 Å². The van der Waals surface area contributed by atoms with Crippen LogP contribution in [0, 0.1) is 0 Å². The monoisotopic (exact) mass is 330 g/mol. The zero-order valence-electron chi connectivity index (χ0n) is 12.2. The Morgan fingerprint density at radius 3 is 2.95 bits per heavy atom. The summed E-state index contributed by atoms with van der Waals surface area (Å²) in [6.07, 6.45) is 5.31. The van der Waals surface area contributed by atoms with Crippen LogP contribution in [0.5, 0.6) is 0 Å². The molecule has 1 aliphatic rings. The molecule has 21 heavy (non-hydrogen) atoms. The van der Waals surface area contributed by atoms with Crippen molar-refractivity contribution in [1.29, 1.82) is 0 Å². The van der Waals surface area contributed by atoms with E-state index >= 15 is 0 Å². The number of piperidine rings is 1. The van der Waals surface area contributed by atoms with E-state index in [9.17, 15) is 13.2 Å². The summed E-state index contributed by atoms with van der Waals surface area (Å²) in [5, 5.41) is 4.08. The van der Waals surface area contributed by atoms with Crippen molar-refractivity contribution in [3.8, 4) is 0 Å². The van der Waals surface area contributed by atoms with Crippen LogP contribution >= 0.6 is 11.3 Å². The minimum atomic E-state index is -3.21. The molecule has 2 heterocycles. The van der Waals surface area contributed by atoms with Crippen LogP contribution in [-0.2, 0) is 21.2 Å². The fourth-order valence-corrected chi connectivity index (χ4v) is 3.82. The number of likely N-dealkylation sites (tertiary alicyclic amines) is 1. The molecule has 7 heteroatoms. The van der Waals surface area contributed by atoms with Crippen molar-refractivity contribution in [1.82, 2.24) is 9.62 Å². The molecule has 0 unspecified atom stereocenters. The minimum absolute atomic E-state index is 0.0107. The average molecular weight is 330 g/mol. The maximum Gasteiger partial charge on any atom is 0.223 e. The Labute approximate surface area is 130 Å². The number of carbonyl (C=O) groups excluding carboxylic acids is 1. The van der Waals surface area contributed by atoms with Gasteiger partial charge in [-0.15, -0.1) is 0 Å². The van der Waals surface area contributed by atoms with Gasteiger partial charge in [0.25, 0.3) is 0 Å². The maximum absolute atomic E-state index is 12.4. The minimum Gasteiger partial charge on any atom is -0.338 e. The molecule has 1 fully saturated rings. The topological polar surface area (TPSA) is 66.5 Å². The number of hydrogen-bond donors (Lipinski definition) is 1. The van der Waals surface area contributed by atoms with Gasteiger partial charge in [0.2, 0.25) is 15.9 Å². The van der Waals surface area contributed by atoms with Gasteiger partial charge in [0, 0.05) is 25.6 Å². The van der Waals surface area contributed by atoms with Crippen LogP contribution in [0.1, 0.15) is 31.2 Å². The Morgan fingerprint density at radius 2 is 2.29 bits per heavy atom. The van der Waals surface area contributed by atoms with Crippen LogP contribution in [0.4, 0.5) is 0 Å². The molecule has 0 spiro atoms. The van der Waals surface area contributed by atoms with Crippen molar-refractivity contribution in [3.63, 3.8) is 0 Å². The van der Waals surface area contributed by atoms with Crippen LogP contribution in [0.15, 0.2) is 16.8 Å². The predicted molar refractivity (Wildman–Crippen MR) is 84.8 cm³/mol. The fourth-order valence-electron chi connectivity index (χ4n) is 2.62. The van der Waals surface area contributed by atoms with Crippen LogP contribution < -0.4 is 4.72 Å². The SMILES string of the molecule is CS(=O)(=O)NC[C@@H]1CCCCN1C(=O)CCc1ccsc1. The van der Waals surface area contributed by atoms with Crippen molar-refractivity contribution in [3.05, 3.63) is 22.4 Å². The molecule has 118 valence electrons. The third kappa shape index (κ3) is 5.41. The second-order valence-corrected chi connectivity index (χ2v) is 8.10. The Balaban J connectivity index is 1.89. The molecule has 1 aromatic rings. The smallest absolute Gasteiger partial charge is 0.223 e. The summed E-state index contributed by atoms with van der Waals surface area (Å²) in [5.41, 5.74) is 1.19. The quantitative estimate of drug-likeness (QED) is 0.862. The number of amides is 1. The van der Waals surface area contributed by atoms with Gasteiger partial charge in [-0.05, 0) is 48.1 Å². The van der Waals surface area contributed by atoms with Gasteiger partial charge in [-0.1, -0.05) is 0 Å². The summed E-state index contributed by atoms with van der Waals surface area (Å²) in [6, 6.07) is 2.03. The van der Waals surface area contributed by atoms with Crippen LogP contribution in [0.3, 0.4) is 0 Å². The standard InChI is InChI=1S/C14H22N2O3S2/c1-21(18,19)15-10-13-4-2-3-8-16(13)14(17)6-5-12-7-9-20-11-12/h7,9,11,13,15H,2-6,8,10H2,1H3/t13-/m0/s1. The van der Waals surface area contributed by atoms with Crippen molar-refractivity contribution in [2.45, 2.75) is 38.1 Å². The van der Waals surface area contributed by atoms with E-state index in [0.29, 0.717) is 13.0 Å². The molecule has 0 saturated carbocycles. The zero-order chi connectivity index (χ0) is 15.3. The molecule has 1 amide bonds. The maximum atomic E-state index is 12.4. The molecular formula is C14H22N2O3S2. The average Bonchev–Trinajstić information content (AvgIpc) is 2.95. The van der Waals surface area contributed by atoms with E-state index in [-0.39, 0.29) is 11.9 Å². The number of carbonyl (C=O) groups is 1. The van der Waals surface area contributed by atoms with Gasteiger partial charge in [0.15, 0.2) is 0 Å². The molecule has 0 bridgehead atoms. The first-order chi connectivity index (χ1) is 9.96. The molecular weight excluding hydrogens is 308 g/mol. The second-order valence-electron chi connectivity index (χ2n) is 5.49. The fraction of sp³-hybridized carbons (Fsp3) is 0.643. The third-order valence-electron chi connectivity index (χ3n) is 3.74. The van der Waals surface area contributed by atoms with Crippen molar-refractivity contribution < 1.29 is 13.2 Å². The summed E-state index contributed by atoms with van der Waals surface area (Å²) >= 11 is 1.64. The lowest BCUT2D eigenvalue weighted by molar-refractivity contribution is -0.134. The van der Waals surface area contributed by atoms with Gasteiger partial charge in [-0.2, -0.15) is 11.3 Å². The zero-order valence-corrected chi connectivity index (χ0v) is 13.9. The van der Waals surface area contributed by atoms with Crippen molar-refractivity contribution in [2.75, 3.05) is 19.3 Å². The van der Waals surface area contributed by atoms with Gasteiger partial charge in [0.05, 0.1) is 6.26 Å². The molecule has 0 aromatic carbocycles. The predicted octanol–water partition coefficient (Wildman–Crippen LogP) is 1.61. The lowest BCUT2D eigenvalue weighted by Crippen LogP contribution is -2.49. The third-order valence-corrected chi connectivity index (χ3v) is 5.16. The Bertz CT molecular complexity index is 555. The summed E-state index contributed by atoms with van der Waals surface area (Å²) in [6.45, 7) is 1.06. The van der Waals surface area contributed by atoms with Gasteiger partial charge >= 0.3 is 0 Å². The molecule has 1 aliphatic heterocycles. The first-order valence-corrected chi connectivity index (χ1v) is 10.0. The van der Waals surface area contributed by atoms with Crippen LogP contribution in [-0.4, -0.2) is 44.6 Å². The number of sulfonamides is 1. The summed E-state index contributed by atoms with van der Waals surface area (Å²) < 4.78 is 25.0. The van der Waals surface area contributed by atoms with E-state index in [1.807, 2.05) is 16.3 Å². The highest BCUT2D eigenvalue weighted by atomic mass is 32.2. The number of hydrogen-bond acceptors (Lipinski definition) is 4. The molecule has 2 rings (SSSR count). The highest BCUT2D eigenvalue weighted by Crippen LogP contribution is 2.19. The Morgan fingerprint density at radius 1 is 1.48 bits per heavy atom. The number of aryl methyl sites for hydroxylation is 1. The normalized spacial score (nSPS) is 19.7. The van der Waals surface area contributed by atoms with E-state index < -0.39 is 10.0 Å². The molecule has 1 aromatic heterocycles. The summed E-state index contributed by atoms with van der Waals surface area (Å²) in [7, 11) is -3.21. The van der Waals surface area contributed by atoms with E-state index in [0.717, 1.165) is 38.5 Å². The van der Waals surface area contributed by atoms with Gasteiger partial charge in [-0.25, -0.2) is 13.1 Å². The molecule has 1 N–H and O–H groups in total. The number of rotatable bonds is 6. The number of thiophene rings is 1. The van der Waals surface area contributed by atoms with E-state index in [4.69, 9.17) is 0 Å². The molecule has 1 atom stereocenters. The Hall–Kier alpha value is -0.920. The summed E-state index contributed by atoms with van der Waals surface area (Å²) in [5.74, 6) is 0.126. The van der Waals surface area contributed by atoms with E-state index in [1.165, 1.54) is 5.56 Å². The highest BCUT2D eigenvalue weighted by molar-refractivity contribution is 7.88. The van der Waals surface area contributed by atoms with Crippen molar-refractivity contribution >= 4 is 27.3 Å². The van der Waals surface area contributed by atoms with Crippen molar-refractivity contribution in [2.24, 2.45) is 0 Å². The summed E-state index contributed by atoms with van der Waals surface area (Å²) in [4.78, 5) is 14.2. The van der Waals surface area contributed by atoms with Gasteiger partial charge in [-0.3, -0.25) is 4.79 Å². The molecule has 0 radical (unpaired) electrons. The molecule has 0 aliphatic carbocycles. The molecule has 5 nitrogen and oxygen atoms in total. The van der Waals surface area contributed by atoms with Crippen LogP contribution in [0.2, 0.25) is 0 Å². The number of nitrogens with zero attached hydrogens (tertiary/aromatic N) is 1.